The number of anilines is 2. The van der Waals surface area contributed by atoms with Crippen molar-refractivity contribution < 1.29 is 0 Å². The molecule has 88 valence electrons. The third-order valence-corrected chi connectivity index (χ3v) is 2.76. The van der Waals surface area contributed by atoms with Gasteiger partial charge in [0, 0.05) is 31.5 Å². The van der Waals surface area contributed by atoms with Gasteiger partial charge in [-0.25, -0.2) is 4.98 Å². The molecule has 2 N–H and O–H groups in total. The van der Waals surface area contributed by atoms with E-state index in [1.807, 2.05) is 19.2 Å². The van der Waals surface area contributed by atoms with Crippen molar-refractivity contribution in [2.24, 2.45) is 0 Å². The second-order valence-electron chi connectivity index (χ2n) is 3.96. The summed E-state index contributed by atoms with van der Waals surface area (Å²) in [6.45, 7) is 2.96. The van der Waals surface area contributed by atoms with Crippen molar-refractivity contribution in [3.05, 3.63) is 53.7 Å². The largest absolute Gasteiger partial charge is 0.381 e. The topological polar surface area (TPSA) is 37.0 Å². The summed E-state index contributed by atoms with van der Waals surface area (Å²) in [5.41, 5.74) is 3.70. The molecule has 0 saturated heterocycles. The minimum Gasteiger partial charge on any atom is -0.381 e. The number of pyridine rings is 1. The van der Waals surface area contributed by atoms with Gasteiger partial charge in [0.25, 0.3) is 0 Å². The Morgan fingerprint density at radius 1 is 1.18 bits per heavy atom. The van der Waals surface area contributed by atoms with E-state index in [0.717, 1.165) is 18.1 Å². The smallest absolute Gasteiger partial charge is 0.127 e. The SMILES string of the molecule is CNc1cc(NCc2ccccc2C)ccn1. The summed E-state index contributed by atoms with van der Waals surface area (Å²) in [6, 6.07) is 12.4. The van der Waals surface area contributed by atoms with Crippen molar-refractivity contribution in [3.63, 3.8) is 0 Å². The van der Waals surface area contributed by atoms with Gasteiger partial charge in [0.1, 0.15) is 5.82 Å². The molecule has 0 unspecified atom stereocenters. The quantitative estimate of drug-likeness (QED) is 0.843. The van der Waals surface area contributed by atoms with Crippen molar-refractivity contribution in [1.82, 2.24) is 4.98 Å². The minimum atomic E-state index is 0.833. The van der Waals surface area contributed by atoms with Crippen molar-refractivity contribution in [1.29, 1.82) is 0 Å². The molecule has 0 bridgehead atoms. The first kappa shape index (κ1) is 11.5. The maximum absolute atomic E-state index is 4.18. The van der Waals surface area contributed by atoms with E-state index in [2.05, 4.69) is 46.8 Å². The number of benzene rings is 1. The highest BCUT2D eigenvalue weighted by atomic mass is 15.0. The van der Waals surface area contributed by atoms with Crippen LogP contribution in [0.5, 0.6) is 0 Å². The monoisotopic (exact) mass is 227 g/mol. The first-order valence-electron chi connectivity index (χ1n) is 5.72. The number of nitrogens with one attached hydrogen (secondary N) is 2. The Kier molecular flexibility index (Phi) is 3.60. The zero-order chi connectivity index (χ0) is 12.1. The van der Waals surface area contributed by atoms with E-state index in [1.54, 1.807) is 6.20 Å². The van der Waals surface area contributed by atoms with Gasteiger partial charge in [0.05, 0.1) is 0 Å². The van der Waals surface area contributed by atoms with Crippen LogP contribution in [0.4, 0.5) is 11.5 Å². The summed E-state index contributed by atoms with van der Waals surface area (Å²) in [6.07, 6.45) is 1.80. The Hall–Kier alpha value is -2.03. The average molecular weight is 227 g/mol. The molecule has 3 heteroatoms. The van der Waals surface area contributed by atoms with Gasteiger partial charge in [-0.15, -0.1) is 0 Å². The maximum Gasteiger partial charge on any atom is 0.127 e. The molecule has 2 aromatic rings. The molecule has 17 heavy (non-hydrogen) atoms. The molecule has 0 atom stereocenters. The van der Waals surface area contributed by atoms with Crippen molar-refractivity contribution in [2.45, 2.75) is 13.5 Å². The minimum absolute atomic E-state index is 0.833. The van der Waals surface area contributed by atoms with Crippen LogP contribution in [0, 0.1) is 6.92 Å². The normalized spacial score (nSPS) is 10.0. The van der Waals surface area contributed by atoms with Crippen LogP contribution in [-0.4, -0.2) is 12.0 Å². The van der Waals surface area contributed by atoms with Crippen LogP contribution in [0.25, 0.3) is 0 Å². The first-order valence-corrected chi connectivity index (χ1v) is 5.72. The van der Waals surface area contributed by atoms with Crippen LogP contribution in [0.1, 0.15) is 11.1 Å². The molecule has 0 aliphatic carbocycles. The molecule has 0 fully saturated rings. The van der Waals surface area contributed by atoms with E-state index in [1.165, 1.54) is 11.1 Å². The molecule has 1 aromatic carbocycles. The third-order valence-electron chi connectivity index (χ3n) is 2.76. The lowest BCUT2D eigenvalue weighted by atomic mass is 10.1. The van der Waals surface area contributed by atoms with Crippen LogP contribution < -0.4 is 10.6 Å². The Bertz CT molecular complexity index is 494. The van der Waals surface area contributed by atoms with Crippen LogP contribution in [0.15, 0.2) is 42.6 Å². The number of aryl methyl sites for hydroxylation is 1. The molecule has 1 heterocycles. The number of rotatable bonds is 4. The molecule has 2 rings (SSSR count). The number of hydrogen-bond acceptors (Lipinski definition) is 3. The van der Waals surface area contributed by atoms with Crippen LogP contribution in [-0.2, 0) is 6.54 Å². The summed E-state index contributed by atoms with van der Waals surface area (Å²) >= 11 is 0. The highest BCUT2D eigenvalue weighted by molar-refractivity contribution is 5.52. The zero-order valence-electron chi connectivity index (χ0n) is 10.2. The lowest BCUT2D eigenvalue weighted by Crippen LogP contribution is -2.02. The number of hydrogen-bond donors (Lipinski definition) is 2. The molecule has 1 aromatic heterocycles. The third kappa shape index (κ3) is 2.97. The van der Waals surface area contributed by atoms with Crippen molar-refractivity contribution in [3.8, 4) is 0 Å². The second kappa shape index (κ2) is 5.34. The lowest BCUT2D eigenvalue weighted by Gasteiger charge is -2.09. The highest BCUT2D eigenvalue weighted by Gasteiger charge is 1.98. The van der Waals surface area contributed by atoms with Crippen LogP contribution >= 0.6 is 0 Å². The average Bonchev–Trinajstić information content (AvgIpc) is 2.38. The van der Waals surface area contributed by atoms with E-state index in [-0.39, 0.29) is 0 Å². The van der Waals surface area contributed by atoms with E-state index in [9.17, 15) is 0 Å². The summed E-state index contributed by atoms with van der Waals surface area (Å²) in [4.78, 5) is 4.18. The predicted molar refractivity (Wildman–Crippen MR) is 72.3 cm³/mol. The molecular weight excluding hydrogens is 210 g/mol. The van der Waals surface area contributed by atoms with Gasteiger partial charge in [0.15, 0.2) is 0 Å². The van der Waals surface area contributed by atoms with Crippen LogP contribution in [0.3, 0.4) is 0 Å². The zero-order valence-corrected chi connectivity index (χ0v) is 10.2. The van der Waals surface area contributed by atoms with E-state index < -0.39 is 0 Å². The van der Waals surface area contributed by atoms with E-state index >= 15 is 0 Å². The van der Waals surface area contributed by atoms with E-state index in [4.69, 9.17) is 0 Å². The molecule has 0 saturated carbocycles. The first-order chi connectivity index (χ1) is 8.29. The van der Waals surface area contributed by atoms with Crippen LogP contribution in [0.2, 0.25) is 0 Å². The second-order valence-corrected chi connectivity index (χ2v) is 3.96. The summed E-state index contributed by atoms with van der Waals surface area (Å²) < 4.78 is 0. The Labute approximate surface area is 102 Å². The Balaban J connectivity index is 2.05. The van der Waals surface area contributed by atoms with Gasteiger partial charge in [-0.05, 0) is 24.1 Å². The maximum atomic E-state index is 4.18. The molecule has 0 spiro atoms. The summed E-state index contributed by atoms with van der Waals surface area (Å²) in [5.74, 6) is 0.875. The van der Waals surface area contributed by atoms with Gasteiger partial charge in [-0.3, -0.25) is 0 Å². The molecular formula is C14H17N3. The Morgan fingerprint density at radius 3 is 2.76 bits per heavy atom. The number of aromatic nitrogens is 1. The summed E-state index contributed by atoms with van der Waals surface area (Å²) in [5, 5.41) is 6.42. The van der Waals surface area contributed by atoms with Crippen molar-refractivity contribution >= 4 is 11.5 Å². The lowest BCUT2D eigenvalue weighted by molar-refractivity contribution is 1.11. The van der Waals surface area contributed by atoms with Gasteiger partial charge in [-0.2, -0.15) is 0 Å². The van der Waals surface area contributed by atoms with Gasteiger partial charge in [-0.1, -0.05) is 24.3 Å². The molecule has 0 amide bonds. The molecule has 0 aliphatic rings. The fraction of sp³-hybridized carbons (Fsp3) is 0.214. The predicted octanol–water partition coefficient (Wildman–Crippen LogP) is 3.04. The van der Waals surface area contributed by atoms with Gasteiger partial charge in [0.2, 0.25) is 0 Å². The highest BCUT2D eigenvalue weighted by Crippen LogP contribution is 2.14. The fourth-order valence-electron chi connectivity index (χ4n) is 1.68. The van der Waals surface area contributed by atoms with Gasteiger partial charge < -0.3 is 10.6 Å². The Morgan fingerprint density at radius 2 is 2.00 bits per heavy atom. The molecule has 0 aliphatic heterocycles. The number of nitrogens with zero attached hydrogens (tertiary/aromatic N) is 1. The van der Waals surface area contributed by atoms with E-state index in [0.29, 0.717) is 0 Å². The standard InChI is InChI=1S/C14H17N3/c1-11-5-3-4-6-12(11)10-17-13-7-8-16-14(9-13)15-2/h3-9H,10H2,1-2H3,(H2,15,16,17). The molecule has 0 radical (unpaired) electrons. The fourth-order valence-corrected chi connectivity index (χ4v) is 1.68. The van der Waals surface area contributed by atoms with Gasteiger partial charge >= 0.3 is 0 Å². The summed E-state index contributed by atoms with van der Waals surface area (Å²) in [7, 11) is 1.87. The van der Waals surface area contributed by atoms with Crippen molar-refractivity contribution in [2.75, 3.05) is 17.7 Å². The molecule has 3 nitrogen and oxygen atoms in total.